The average Bonchev–Trinajstić information content (AvgIpc) is 3.13. The summed E-state index contributed by atoms with van der Waals surface area (Å²) >= 11 is 0.999. The number of ether oxygens (including phenoxy) is 1. The number of thiophene rings is 1. The van der Waals surface area contributed by atoms with Crippen LogP contribution in [0.3, 0.4) is 0 Å². The van der Waals surface area contributed by atoms with E-state index in [4.69, 9.17) is 4.74 Å². The van der Waals surface area contributed by atoms with Gasteiger partial charge in [0.05, 0.1) is 11.5 Å². The zero-order valence-electron chi connectivity index (χ0n) is 15.5. The molecule has 2 aromatic carbocycles. The average molecular weight is 432 g/mol. The van der Waals surface area contributed by atoms with E-state index in [1.54, 1.807) is 18.4 Å². The third-order valence-electron chi connectivity index (χ3n) is 4.05. The van der Waals surface area contributed by atoms with E-state index >= 15 is 0 Å². The Bertz CT molecular complexity index is 1150. The summed E-state index contributed by atoms with van der Waals surface area (Å²) in [5.74, 6) is -3.77. The van der Waals surface area contributed by atoms with Crippen molar-refractivity contribution in [2.24, 2.45) is 0 Å². The molecule has 7 nitrogen and oxygen atoms in total. The SMILES string of the molecule is CCOC(=O)c1c(-c2cccc([N+](=O)[O-])c2)csc1NC(=O)c1ccc(F)c(F)c1. The van der Waals surface area contributed by atoms with Crippen LogP contribution in [-0.4, -0.2) is 23.4 Å². The number of amides is 1. The normalized spacial score (nSPS) is 10.5. The smallest absolute Gasteiger partial charge is 0.341 e. The molecular formula is C20H14F2N2O5S. The van der Waals surface area contributed by atoms with Gasteiger partial charge in [-0.05, 0) is 30.7 Å². The predicted octanol–water partition coefficient (Wildman–Crippen LogP) is 5.03. The fourth-order valence-electron chi connectivity index (χ4n) is 2.67. The molecular weight excluding hydrogens is 418 g/mol. The molecule has 3 aromatic rings. The van der Waals surface area contributed by atoms with Crippen LogP contribution in [0.2, 0.25) is 0 Å². The van der Waals surface area contributed by atoms with Gasteiger partial charge in [0, 0.05) is 28.6 Å². The number of halogens is 2. The number of anilines is 1. The van der Waals surface area contributed by atoms with Crippen molar-refractivity contribution in [3.8, 4) is 11.1 Å². The highest BCUT2D eigenvalue weighted by molar-refractivity contribution is 7.15. The first-order valence-electron chi connectivity index (χ1n) is 8.61. The fraction of sp³-hybridized carbons (Fsp3) is 0.100. The lowest BCUT2D eigenvalue weighted by molar-refractivity contribution is -0.384. The van der Waals surface area contributed by atoms with E-state index in [2.05, 4.69) is 5.32 Å². The highest BCUT2D eigenvalue weighted by Gasteiger charge is 2.24. The maximum atomic E-state index is 13.4. The van der Waals surface area contributed by atoms with Gasteiger partial charge in [0.15, 0.2) is 11.6 Å². The lowest BCUT2D eigenvalue weighted by Gasteiger charge is -2.09. The van der Waals surface area contributed by atoms with Crippen LogP contribution in [0.4, 0.5) is 19.5 Å². The standard InChI is InChI=1S/C20H14F2N2O5S/c1-2-29-20(26)17-14(11-4-3-5-13(8-11)24(27)28)10-30-19(17)23-18(25)12-6-7-15(21)16(22)9-12/h3-10H,2H2,1H3,(H,23,25). The number of non-ortho nitro benzene ring substituents is 1. The maximum absolute atomic E-state index is 13.4. The molecule has 0 bridgehead atoms. The minimum Gasteiger partial charge on any atom is -0.462 e. The Morgan fingerprint density at radius 2 is 1.93 bits per heavy atom. The molecule has 1 N–H and O–H groups in total. The molecule has 154 valence electrons. The Morgan fingerprint density at radius 3 is 2.60 bits per heavy atom. The van der Waals surface area contributed by atoms with E-state index < -0.39 is 28.4 Å². The van der Waals surface area contributed by atoms with Crippen molar-refractivity contribution in [1.82, 2.24) is 0 Å². The molecule has 0 aliphatic carbocycles. The number of nitrogens with one attached hydrogen (secondary N) is 1. The molecule has 1 heterocycles. The molecule has 0 radical (unpaired) electrons. The molecule has 10 heteroatoms. The summed E-state index contributed by atoms with van der Waals surface area (Å²) in [6, 6.07) is 8.33. The van der Waals surface area contributed by atoms with Gasteiger partial charge in [-0.15, -0.1) is 11.3 Å². The lowest BCUT2D eigenvalue weighted by atomic mass is 10.0. The van der Waals surface area contributed by atoms with Crippen molar-refractivity contribution in [3.63, 3.8) is 0 Å². The minimum atomic E-state index is -1.18. The summed E-state index contributed by atoms with van der Waals surface area (Å²) in [4.78, 5) is 35.5. The van der Waals surface area contributed by atoms with Gasteiger partial charge in [-0.25, -0.2) is 13.6 Å². The van der Waals surface area contributed by atoms with Crippen LogP contribution in [-0.2, 0) is 4.74 Å². The van der Waals surface area contributed by atoms with E-state index in [-0.39, 0.29) is 28.4 Å². The highest BCUT2D eigenvalue weighted by Crippen LogP contribution is 2.37. The number of nitrogens with zero attached hydrogens (tertiary/aromatic N) is 1. The van der Waals surface area contributed by atoms with Crippen LogP contribution >= 0.6 is 11.3 Å². The summed E-state index contributed by atoms with van der Waals surface area (Å²) in [6.45, 7) is 1.68. The van der Waals surface area contributed by atoms with Gasteiger partial charge in [0.25, 0.3) is 11.6 Å². The fourth-order valence-corrected chi connectivity index (χ4v) is 3.62. The summed E-state index contributed by atoms with van der Waals surface area (Å²) in [7, 11) is 0. The zero-order valence-corrected chi connectivity index (χ0v) is 16.3. The van der Waals surface area contributed by atoms with Gasteiger partial charge < -0.3 is 10.1 Å². The highest BCUT2D eigenvalue weighted by atomic mass is 32.1. The number of carbonyl (C=O) groups is 2. The Balaban J connectivity index is 2.02. The van der Waals surface area contributed by atoms with E-state index in [0.29, 0.717) is 11.1 Å². The monoisotopic (exact) mass is 432 g/mol. The van der Waals surface area contributed by atoms with E-state index in [0.717, 1.165) is 29.5 Å². The zero-order chi connectivity index (χ0) is 21.8. The molecule has 3 rings (SSSR count). The van der Waals surface area contributed by atoms with E-state index in [9.17, 15) is 28.5 Å². The first-order valence-corrected chi connectivity index (χ1v) is 9.49. The van der Waals surface area contributed by atoms with Crippen LogP contribution in [0.5, 0.6) is 0 Å². The van der Waals surface area contributed by atoms with Gasteiger partial charge >= 0.3 is 5.97 Å². The summed E-state index contributed by atoms with van der Waals surface area (Å²) in [5.41, 5.74) is 0.424. The number of benzene rings is 2. The summed E-state index contributed by atoms with van der Waals surface area (Å²) in [5, 5.41) is 15.2. The molecule has 0 aliphatic rings. The molecule has 0 saturated carbocycles. The van der Waals surface area contributed by atoms with Crippen LogP contribution in [0, 0.1) is 21.7 Å². The number of hydrogen-bond acceptors (Lipinski definition) is 6. The molecule has 0 saturated heterocycles. The van der Waals surface area contributed by atoms with Gasteiger partial charge in [-0.1, -0.05) is 12.1 Å². The second kappa shape index (κ2) is 8.78. The third kappa shape index (κ3) is 4.33. The molecule has 0 spiro atoms. The van der Waals surface area contributed by atoms with Crippen molar-refractivity contribution < 1.29 is 28.0 Å². The maximum Gasteiger partial charge on any atom is 0.341 e. The second-order valence-corrected chi connectivity index (χ2v) is 6.84. The van der Waals surface area contributed by atoms with Crippen molar-refractivity contribution in [2.45, 2.75) is 6.92 Å². The van der Waals surface area contributed by atoms with Crippen molar-refractivity contribution in [2.75, 3.05) is 11.9 Å². The number of rotatable bonds is 6. The van der Waals surface area contributed by atoms with Crippen LogP contribution < -0.4 is 5.32 Å². The molecule has 0 aliphatic heterocycles. The van der Waals surface area contributed by atoms with Crippen LogP contribution in [0.25, 0.3) is 11.1 Å². The molecule has 0 atom stereocenters. The van der Waals surface area contributed by atoms with Crippen molar-refractivity contribution >= 4 is 33.9 Å². The van der Waals surface area contributed by atoms with Crippen LogP contribution in [0.1, 0.15) is 27.6 Å². The van der Waals surface area contributed by atoms with Crippen molar-refractivity contribution in [1.29, 1.82) is 0 Å². The number of esters is 1. The van der Waals surface area contributed by atoms with E-state index in [1.807, 2.05) is 0 Å². The molecule has 0 fully saturated rings. The van der Waals surface area contributed by atoms with Gasteiger partial charge in [-0.3, -0.25) is 14.9 Å². The van der Waals surface area contributed by atoms with E-state index in [1.165, 1.54) is 18.2 Å². The quantitative estimate of drug-likeness (QED) is 0.335. The molecule has 1 amide bonds. The first-order chi connectivity index (χ1) is 14.3. The third-order valence-corrected chi connectivity index (χ3v) is 4.94. The van der Waals surface area contributed by atoms with Crippen molar-refractivity contribution in [3.05, 3.63) is 80.7 Å². The number of hydrogen-bond donors (Lipinski definition) is 1. The lowest BCUT2D eigenvalue weighted by Crippen LogP contribution is -2.15. The summed E-state index contributed by atoms with van der Waals surface area (Å²) < 4.78 is 31.6. The van der Waals surface area contributed by atoms with Gasteiger partial charge in [-0.2, -0.15) is 0 Å². The number of nitro groups is 1. The Kier molecular flexibility index (Phi) is 6.17. The van der Waals surface area contributed by atoms with Gasteiger partial charge in [0.2, 0.25) is 0 Å². The second-order valence-electron chi connectivity index (χ2n) is 5.96. The Labute approximate surface area is 173 Å². The van der Waals surface area contributed by atoms with Gasteiger partial charge in [0.1, 0.15) is 10.6 Å². The molecule has 1 aromatic heterocycles. The largest absolute Gasteiger partial charge is 0.462 e. The number of carbonyl (C=O) groups excluding carboxylic acids is 2. The minimum absolute atomic E-state index is 0.0123. The number of nitro benzene ring substituents is 1. The Hall–Kier alpha value is -3.66. The molecule has 30 heavy (non-hydrogen) atoms. The first kappa shape index (κ1) is 21.1. The Morgan fingerprint density at radius 1 is 1.17 bits per heavy atom. The topological polar surface area (TPSA) is 98.5 Å². The predicted molar refractivity (Wildman–Crippen MR) is 107 cm³/mol. The summed E-state index contributed by atoms with van der Waals surface area (Å²) in [6.07, 6.45) is 0. The van der Waals surface area contributed by atoms with Crippen LogP contribution in [0.15, 0.2) is 47.8 Å². The molecule has 0 unspecified atom stereocenters.